The van der Waals surface area contributed by atoms with E-state index in [1.807, 2.05) is 24.3 Å². The molecule has 0 saturated carbocycles. The molecule has 0 unspecified atom stereocenters. The van der Waals surface area contributed by atoms with Gasteiger partial charge >= 0.3 is 0 Å². The van der Waals surface area contributed by atoms with E-state index in [2.05, 4.69) is 10.3 Å². The molecule has 7 heteroatoms. The number of nitrogens with one attached hydrogen (secondary N) is 1. The Morgan fingerprint density at radius 3 is 2.70 bits per heavy atom. The summed E-state index contributed by atoms with van der Waals surface area (Å²) in [5.41, 5.74) is 5.65. The molecule has 0 aliphatic rings. The topological polar surface area (TPSA) is 78.1 Å². The largest absolute Gasteiger partial charge is 0.497 e. The summed E-state index contributed by atoms with van der Waals surface area (Å²) >= 11 is 0. The maximum absolute atomic E-state index is 5.65. The number of nitrogens with two attached hydrogens (primary N) is 1. The molecule has 1 aromatic rings. The van der Waals surface area contributed by atoms with Crippen LogP contribution in [0.3, 0.4) is 0 Å². The Labute approximate surface area is 136 Å². The van der Waals surface area contributed by atoms with Crippen molar-refractivity contribution in [3.63, 3.8) is 0 Å². The summed E-state index contributed by atoms with van der Waals surface area (Å²) in [6.45, 7) is 2.18. The van der Waals surface area contributed by atoms with E-state index in [1.165, 1.54) is 0 Å². The molecule has 20 heavy (non-hydrogen) atoms. The molecule has 0 heterocycles. The number of rotatable bonds is 8. The smallest absolute Gasteiger partial charge is 0.188 e. The zero-order chi connectivity index (χ0) is 13.9. The summed E-state index contributed by atoms with van der Waals surface area (Å²) in [4.78, 5) is 4.07. The van der Waals surface area contributed by atoms with E-state index in [4.69, 9.17) is 19.9 Å². The van der Waals surface area contributed by atoms with Crippen LogP contribution in [-0.4, -0.2) is 46.5 Å². The molecule has 0 saturated heterocycles. The van der Waals surface area contributed by atoms with Crippen LogP contribution in [0.1, 0.15) is 0 Å². The molecule has 0 aliphatic carbocycles. The van der Waals surface area contributed by atoms with E-state index >= 15 is 0 Å². The third-order valence-electron chi connectivity index (χ3n) is 2.30. The average Bonchev–Trinajstić information content (AvgIpc) is 2.44. The third kappa shape index (κ3) is 8.05. The predicted molar refractivity (Wildman–Crippen MR) is 90.3 cm³/mol. The monoisotopic (exact) mass is 395 g/mol. The van der Waals surface area contributed by atoms with Gasteiger partial charge in [0.2, 0.25) is 0 Å². The molecular weight excluding hydrogens is 373 g/mol. The number of methoxy groups -OCH3 is 2. The van der Waals surface area contributed by atoms with Gasteiger partial charge in [0.05, 0.1) is 26.8 Å². The molecular formula is C13H22IN3O3. The maximum Gasteiger partial charge on any atom is 0.188 e. The fourth-order valence-electron chi connectivity index (χ4n) is 1.35. The number of ether oxygens (including phenoxy) is 3. The standard InChI is InChI=1S/C13H21N3O3.HI/c1-17-8-6-15-13(14)16-7-9-19-12-5-3-4-11(10-12)18-2;/h3-5,10H,6-9H2,1-2H3,(H3,14,15,16);1H. The molecule has 0 spiro atoms. The van der Waals surface area contributed by atoms with Gasteiger partial charge in [0.1, 0.15) is 18.1 Å². The highest BCUT2D eigenvalue weighted by atomic mass is 127. The first-order chi connectivity index (χ1) is 9.26. The Bertz CT molecular complexity index is 402. The minimum absolute atomic E-state index is 0. The van der Waals surface area contributed by atoms with E-state index in [-0.39, 0.29) is 24.0 Å². The summed E-state index contributed by atoms with van der Waals surface area (Å²) in [7, 11) is 3.25. The number of nitrogens with zero attached hydrogens (tertiary/aromatic N) is 1. The molecule has 1 rings (SSSR count). The van der Waals surface area contributed by atoms with Crippen molar-refractivity contribution in [3.8, 4) is 11.5 Å². The minimum atomic E-state index is 0. The second kappa shape index (κ2) is 11.6. The number of hydrogen-bond acceptors (Lipinski definition) is 4. The lowest BCUT2D eigenvalue weighted by molar-refractivity contribution is 0.208. The van der Waals surface area contributed by atoms with Crippen LogP contribution in [0.4, 0.5) is 0 Å². The van der Waals surface area contributed by atoms with Gasteiger partial charge in [0.15, 0.2) is 5.96 Å². The Balaban J connectivity index is 0.00000361. The maximum atomic E-state index is 5.65. The number of hydrogen-bond donors (Lipinski definition) is 2. The molecule has 0 aliphatic heterocycles. The van der Waals surface area contributed by atoms with Crippen molar-refractivity contribution in [2.75, 3.05) is 40.5 Å². The molecule has 0 radical (unpaired) electrons. The van der Waals surface area contributed by atoms with Gasteiger partial charge in [0, 0.05) is 13.2 Å². The fourth-order valence-corrected chi connectivity index (χ4v) is 1.35. The lowest BCUT2D eigenvalue weighted by atomic mass is 10.3. The summed E-state index contributed by atoms with van der Waals surface area (Å²) in [6.07, 6.45) is 0. The molecule has 114 valence electrons. The van der Waals surface area contributed by atoms with Gasteiger partial charge in [-0.15, -0.1) is 24.0 Å². The Kier molecular flexibility index (Phi) is 10.9. The predicted octanol–water partition coefficient (Wildman–Crippen LogP) is 1.24. The molecule has 0 aromatic heterocycles. The normalized spacial score (nSPS) is 10.6. The van der Waals surface area contributed by atoms with Crippen LogP contribution in [0.5, 0.6) is 11.5 Å². The van der Waals surface area contributed by atoms with E-state index in [9.17, 15) is 0 Å². The van der Waals surface area contributed by atoms with Crippen molar-refractivity contribution in [1.29, 1.82) is 0 Å². The number of guanidine groups is 1. The quantitative estimate of drug-likeness (QED) is 0.300. The summed E-state index contributed by atoms with van der Waals surface area (Å²) < 4.78 is 15.5. The molecule has 3 N–H and O–H groups in total. The molecule has 0 bridgehead atoms. The van der Waals surface area contributed by atoms with Gasteiger partial charge in [-0.1, -0.05) is 6.07 Å². The first kappa shape index (κ1) is 18.8. The van der Waals surface area contributed by atoms with Crippen molar-refractivity contribution in [1.82, 2.24) is 5.32 Å². The van der Waals surface area contributed by atoms with Crippen LogP contribution < -0.4 is 20.5 Å². The van der Waals surface area contributed by atoms with Gasteiger partial charge in [-0.3, -0.25) is 4.99 Å². The zero-order valence-electron chi connectivity index (χ0n) is 11.8. The van der Waals surface area contributed by atoms with Crippen LogP contribution in [0.15, 0.2) is 29.3 Å². The second-order valence-electron chi connectivity index (χ2n) is 3.71. The molecule has 0 amide bonds. The number of benzene rings is 1. The lowest BCUT2D eigenvalue weighted by Crippen LogP contribution is -2.35. The van der Waals surface area contributed by atoms with Crippen LogP contribution in [0, 0.1) is 0 Å². The van der Waals surface area contributed by atoms with Crippen LogP contribution in [0.25, 0.3) is 0 Å². The van der Waals surface area contributed by atoms with E-state index in [0.717, 1.165) is 11.5 Å². The molecule has 1 aromatic carbocycles. The summed E-state index contributed by atoms with van der Waals surface area (Å²) in [5.74, 6) is 1.92. The third-order valence-corrected chi connectivity index (χ3v) is 2.30. The number of aliphatic imine (C=N–C) groups is 1. The van der Waals surface area contributed by atoms with E-state index in [0.29, 0.717) is 32.3 Å². The van der Waals surface area contributed by atoms with Crippen molar-refractivity contribution >= 4 is 29.9 Å². The highest BCUT2D eigenvalue weighted by Crippen LogP contribution is 2.18. The second-order valence-corrected chi connectivity index (χ2v) is 3.71. The molecule has 0 atom stereocenters. The minimum Gasteiger partial charge on any atom is -0.497 e. The fraction of sp³-hybridized carbons (Fsp3) is 0.462. The first-order valence-electron chi connectivity index (χ1n) is 6.06. The Hall–Kier alpha value is -1.22. The van der Waals surface area contributed by atoms with E-state index in [1.54, 1.807) is 14.2 Å². The summed E-state index contributed by atoms with van der Waals surface area (Å²) in [5, 5.41) is 2.96. The van der Waals surface area contributed by atoms with Crippen LogP contribution in [-0.2, 0) is 4.74 Å². The first-order valence-corrected chi connectivity index (χ1v) is 6.06. The Morgan fingerprint density at radius 1 is 1.25 bits per heavy atom. The average molecular weight is 395 g/mol. The van der Waals surface area contributed by atoms with Crippen molar-refractivity contribution in [3.05, 3.63) is 24.3 Å². The van der Waals surface area contributed by atoms with E-state index < -0.39 is 0 Å². The molecule has 6 nitrogen and oxygen atoms in total. The van der Waals surface area contributed by atoms with Crippen LogP contribution in [0.2, 0.25) is 0 Å². The SMILES string of the molecule is COCCN=C(N)NCCOc1cccc(OC)c1.I. The lowest BCUT2D eigenvalue weighted by Gasteiger charge is -2.09. The van der Waals surface area contributed by atoms with Crippen LogP contribution >= 0.6 is 24.0 Å². The number of halogens is 1. The highest BCUT2D eigenvalue weighted by molar-refractivity contribution is 14.0. The Morgan fingerprint density at radius 2 is 2.00 bits per heavy atom. The van der Waals surface area contributed by atoms with Gasteiger partial charge in [0.25, 0.3) is 0 Å². The zero-order valence-corrected chi connectivity index (χ0v) is 14.1. The van der Waals surface area contributed by atoms with Crippen molar-refractivity contribution < 1.29 is 14.2 Å². The molecule has 0 fully saturated rings. The van der Waals surface area contributed by atoms with Gasteiger partial charge < -0.3 is 25.3 Å². The van der Waals surface area contributed by atoms with Crippen molar-refractivity contribution in [2.45, 2.75) is 0 Å². The summed E-state index contributed by atoms with van der Waals surface area (Å²) in [6, 6.07) is 7.45. The van der Waals surface area contributed by atoms with Gasteiger partial charge in [-0.05, 0) is 12.1 Å². The van der Waals surface area contributed by atoms with Crippen molar-refractivity contribution in [2.24, 2.45) is 10.7 Å². The highest BCUT2D eigenvalue weighted by Gasteiger charge is 1.97. The van der Waals surface area contributed by atoms with Gasteiger partial charge in [-0.25, -0.2) is 0 Å². The van der Waals surface area contributed by atoms with Gasteiger partial charge in [-0.2, -0.15) is 0 Å².